The van der Waals surface area contributed by atoms with Crippen LogP contribution in [0.5, 0.6) is 5.95 Å². The van der Waals surface area contributed by atoms with Gasteiger partial charge in [0, 0.05) is 5.56 Å². The highest BCUT2D eigenvalue weighted by Gasteiger charge is 2.18. The van der Waals surface area contributed by atoms with Gasteiger partial charge >= 0.3 is 5.95 Å². The molecule has 100 valence electrons. The van der Waals surface area contributed by atoms with E-state index in [1.54, 1.807) is 6.92 Å². The molecule has 0 atom stereocenters. The van der Waals surface area contributed by atoms with E-state index in [1.807, 2.05) is 37.3 Å². The van der Waals surface area contributed by atoms with Gasteiger partial charge in [-0.2, -0.15) is 0 Å². The Hall–Kier alpha value is -2.30. The van der Waals surface area contributed by atoms with Gasteiger partial charge in [-0.25, -0.2) is 4.98 Å². The van der Waals surface area contributed by atoms with Gasteiger partial charge in [-0.05, 0) is 26.0 Å². The van der Waals surface area contributed by atoms with Crippen LogP contribution in [0.1, 0.15) is 19.5 Å². The molecule has 0 saturated heterocycles. The lowest BCUT2D eigenvalue weighted by molar-refractivity contribution is 0.213. The standard InChI is InChI=1S/C14H16N2O3/c1-4-18-14-12(10(2)16-17-3)15-13(19-14)11-8-6-5-7-9-11/h5-9H,4H2,1-3H3/b16-10+. The fourth-order valence-corrected chi connectivity index (χ4v) is 1.65. The summed E-state index contributed by atoms with van der Waals surface area (Å²) in [4.78, 5) is 9.17. The van der Waals surface area contributed by atoms with Crippen molar-refractivity contribution in [1.29, 1.82) is 0 Å². The van der Waals surface area contributed by atoms with Gasteiger partial charge in [0.25, 0.3) is 0 Å². The highest BCUT2D eigenvalue weighted by Crippen LogP contribution is 2.27. The third-order valence-electron chi connectivity index (χ3n) is 2.46. The Morgan fingerprint density at radius 2 is 2.05 bits per heavy atom. The molecule has 0 N–H and O–H groups in total. The van der Waals surface area contributed by atoms with E-state index in [4.69, 9.17) is 14.0 Å². The first-order chi connectivity index (χ1) is 9.26. The summed E-state index contributed by atoms with van der Waals surface area (Å²) in [7, 11) is 1.49. The van der Waals surface area contributed by atoms with E-state index in [0.29, 0.717) is 29.8 Å². The first-order valence-electron chi connectivity index (χ1n) is 6.03. The van der Waals surface area contributed by atoms with Gasteiger partial charge in [-0.1, -0.05) is 23.4 Å². The van der Waals surface area contributed by atoms with E-state index in [0.717, 1.165) is 5.56 Å². The molecule has 0 aliphatic rings. The van der Waals surface area contributed by atoms with E-state index in [9.17, 15) is 0 Å². The fourth-order valence-electron chi connectivity index (χ4n) is 1.65. The summed E-state index contributed by atoms with van der Waals surface area (Å²) in [6.07, 6.45) is 0. The van der Waals surface area contributed by atoms with Gasteiger partial charge in [0.05, 0.1) is 6.61 Å². The van der Waals surface area contributed by atoms with Crippen molar-refractivity contribution in [2.45, 2.75) is 13.8 Å². The number of nitrogens with zero attached hydrogens (tertiary/aromatic N) is 2. The summed E-state index contributed by atoms with van der Waals surface area (Å²) < 4.78 is 11.1. The van der Waals surface area contributed by atoms with Gasteiger partial charge in [0.1, 0.15) is 12.8 Å². The Bertz CT molecular complexity index is 561. The first-order valence-corrected chi connectivity index (χ1v) is 6.03. The third-order valence-corrected chi connectivity index (χ3v) is 2.46. The van der Waals surface area contributed by atoms with Crippen molar-refractivity contribution in [3.8, 4) is 17.4 Å². The molecular weight excluding hydrogens is 244 g/mol. The monoisotopic (exact) mass is 260 g/mol. The van der Waals surface area contributed by atoms with E-state index in [-0.39, 0.29) is 0 Å². The number of oxazole rings is 1. The van der Waals surface area contributed by atoms with Gasteiger partial charge in [-0.3, -0.25) is 0 Å². The highest BCUT2D eigenvalue weighted by molar-refractivity contribution is 5.98. The lowest BCUT2D eigenvalue weighted by Crippen LogP contribution is -2.01. The number of ether oxygens (including phenoxy) is 1. The summed E-state index contributed by atoms with van der Waals surface area (Å²) in [5.74, 6) is 0.865. The number of benzene rings is 1. The van der Waals surface area contributed by atoms with Crippen molar-refractivity contribution in [3.05, 3.63) is 36.0 Å². The largest absolute Gasteiger partial charge is 0.464 e. The van der Waals surface area contributed by atoms with Crippen molar-refractivity contribution in [1.82, 2.24) is 4.98 Å². The molecule has 0 aliphatic heterocycles. The van der Waals surface area contributed by atoms with Crippen LogP contribution in [0, 0.1) is 0 Å². The predicted molar refractivity (Wildman–Crippen MR) is 72.3 cm³/mol. The molecule has 2 rings (SSSR count). The maximum Gasteiger partial charge on any atom is 0.315 e. The molecule has 1 heterocycles. The second-order valence-corrected chi connectivity index (χ2v) is 3.81. The quantitative estimate of drug-likeness (QED) is 0.612. The minimum absolute atomic E-state index is 0.361. The smallest absolute Gasteiger partial charge is 0.315 e. The number of aromatic nitrogens is 1. The highest BCUT2D eigenvalue weighted by atomic mass is 16.6. The van der Waals surface area contributed by atoms with Crippen LogP contribution in [-0.2, 0) is 4.84 Å². The zero-order chi connectivity index (χ0) is 13.7. The van der Waals surface area contributed by atoms with E-state index < -0.39 is 0 Å². The Balaban J connectivity index is 2.43. The molecule has 1 aromatic carbocycles. The average Bonchev–Trinajstić information content (AvgIpc) is 2.85. The zero-order valence-electron chi connectivity index (χ0n) is 11.2. The molecule has 0 unspecified atom stereocenters. The van der Waals surface area contributed by atoms with Crippen LogP contribution in [0.25, 0.3) is 11.5 Å². The fraction of sp³-hybridized carbons (Fsp3) is 0.286. The van der Waals surface area contributed by atoms with Crippen LogP contribution in [0.3, 0.4) is 0 Å². The lowest BCUT2D eigenvalue weighted by atomic mass is 10.2. The summed E-state index contributed by atoms with van der Waals surface area (Å²) in [6, 6.07) is 9.64. The Labute approximate surface area is 111 Å². The second-order valence-electron chi connectivity index (χ2n) is 3.81. The maximum atomic E-state index is 5.64. The number of oxime groups is 1. The van der Waals surface area contributed by atoms with Crippen LogP contribution in [-0.4, -0.2) is 24.4 Å². The molecule has 0 amide bonds. The number of hydrogen-bond acceptors (Lipinski definition) is 5. The topological polar surface area (TPSA) is 56.9 Å². The minimum atomic E-state index is 0.361. The van der Waals surface area contributed by atoms with Crippen LogP contribution < -0.4 is 4.74 Å². The van der Waals surface area contributed by atoms with Crippen molar-refractivity contribution in [2.75, 3.05) is 13.7 Å². The van der Waals surface area contributed by atoms with Crippen LogP contribution in [0.4, 0.5) is 0 Å². The van der Waals surface area contributed by atoms with Crippen LogP contribution >= 0.6 is 0 Å². The molecule has 0 radical (unpaired) electrons. The Morgan fingerprint density at radius 3 is 2.68 bits per heavy atom. The van der Waals surface area contributed by atoms with Gasteiger partial charge in [-0.15, -0.1) is 0 Å². The molecule has 0 spiro atoms. The second kappa shape index (κ2) is 6.04. The lowest BCUT2D eigenvalue weighted by Gasteiger charge is -1.99. The van der Waals surface area contributed by atoms with Crippen LogP contribution in [0.2, 0.25) is 0 Å². The molecular formula is C14H16N2O3. The Morgan fingerprint density at radius 1 is 1.32 bits per heavy atom. The number of rotatable bonds is 5. The van der Waals surface area contributed by atoms with Crippen molar-refractivity contribution < 1.29 is 14.0 Å². The van der Waals surface area contributed by atoms with Gasteiger partial charge in [0.2, 0.25) is 5.89 Å². The van der Waals surface area contributed by atoms with E-state index in [2.05, 4.69) is 10.1 Å². The summed E-state index contributed by atoms with van der Waals surface area (Å²) >= 11 is 0. The normalized spacial score (nSPS) is 11.4. The molecule has 0 fully saturated rings. The SMILES string of the molecule is CCOc1oc(-c2ccccc2)nc1/C(C)=N/OC. The molecule has 0 saturated carbocycles. The molecule has 5 heteroatoms. The molecule has 0 aliphatic carbocycles. The molecule has 1 aromatic heterocycles. The first kappa shape index (κ1) is 13.1. The van der Waals surface area contributed by atoms with E-state index >= 15 is 0 Å². The molecule has 2 aromatic rings. The summed E-state index contributed by atoms with van der Waals surface area (Å²) in [5, 5.41) is 3.86. The van der Waals surface area contributed by atoms with E-state index in [1.165, 1.54) is 7.11 Å². The van der Waals surface area contributed by atoms with Crippen LogP contribution in [0.15, 0.2) is 39.9 Å². The predicted octanol–water partition coefficient (Wildman–Crippen LogP) is 3.11. The van der Waals surface area contributed by atoms with Crippen molar-refractivity contribution in [2.24, 2.45) is 5.16 Å². The van der Waals surface area contributed by atoms with Crippen molar-refractivity contribution >= 4 is 5.71 Å². The van der Waals surface area contributed by atoms with Crippen molar-refractivity contribution in [3.63, 3.8) is 0 Å². The molecule has 19 heavy (non-hydrogen) atoms. The molecule has 5 nitrogen and oxygen atoms in total. The van der Waals surface area contributed by atoms with Gasteiger partial charge in [0.15, 0.2) is 5.69 Å². The summed E-state index contributed by atoms with van der Waals surface area (Å²) in [5.41, 5.74) is 2.05. The summed E-state index contributed by atoms with van der Waals surface area (Å²) in [6.45, 7) is 4.17. The average molecular weight is 260 g/mol. The maximum absolute atomic E-state index is 5.64. The molecule has 0 bridgehead atoms. The minimum Gasteiger partial charge on any atom is -0.464 e. The zero-order valence-corrected chi connectivity index (χ0v) is 11.2. The van der Waals surface area contributed by atoms with Gasteiger partial charge < -0.3 is 14.0 Å². The Kier molecular flexibility index (Phi) is 4.18. The number of hydrogen-bond donors (Lipinski definition) is 0. The third kappa shape index (κ3) is 2.93.